The van der Waals surface area contributed by atoms with Crippen molar-refractivity contribution in [1.82, 2.24) is 4.98 Å². The summed E-state index contributed by atoms with van der Waals surface area (Å²) in [6.07, 6.45) is 4.72. The van der Waals surface area contributed by atoms with Gasteiger partial charge in [-0.3, -0.25) is 4.98 Å². The summed E-state index contributed by atoms with van der Waals surface area (Å²) in [4.78, 5) is 18.0. The van der Waals surface area contributed by atoms with Crippen molar-refractivity contribution in [3.05, 3.63) is 23.0 Å². The molecule has 110 valence electrons. The number of pyridine rings is 1. The van der Waals surface area contributed by atoms with Crippen molar-refractivity contribution in [2.75, 3.05) is 11.9 Å². The predicted octanol–water partition coefficient (Wildman–Crippen LogP) is 3.41. The average molecular weight is 276 g/mol. The Kier molecular flexibility index (Phi) is 4.31. The number of nitrogens with zero attached hydrogens (tertiary/aromatic N) is 2. The molecule has 2 rings (SSSR count). The van der Waals surface area contributed by atoms with Crippen molar-refractivity contribution in [2.45, 2.75) is 52.5 Å². The molecule has 0 saturated heterocycles. The molecule has 0 aliphatic heterocycles. The lowest BCUT2D eigenvalue weighted by molar-refractivity contribution is 0.0696. The maximum absolute atomic E-state index is 11.5. The molecule has 1 aliphatic rings. The quantitative estimate of drug-likeness (QED) is 0.919. The van der Waals surface area contributed by atoms with Crippen LogP contribution in [0.25, 0.3) is 0 Å². The Morgan fingerprint density at radius 2 is 1.90 bits per heavy atom. The number of hydrogen-bond acceptors (Lipinski definition) is 3. The van der Waals surface area contributed by atoms with Crippen LogP contribution in [0, 0.1) is 19.8 Å². The third-order valence-corrected chi connectivity index (χ3v) is 4.43. The molecule has 1 heterocycles. The summed E-state index contributed by atoms with van der Waals surface area (Å²) in [6.45, 7) is 5.98. The Morgan fingerprint density at radius 1 is 1.30 bits per heavy atom. The zero-order valence-corrected chi connectivity index (χ0v) is 12.8. The molecule has 0 atom stereocenters. The van der Waals surface area contributed by atoms with Crippen LogP contribution < -0.4 is 4.90 Å². The van der Waals surface area contributed by atoms with Gasteiger partial charge in [-0.25, -0.2) is 4.79 Å². The van der Waals surface area contributed by atoms with Crippen molar-refractivity contribution in [1.29, 1.82) is 0 Å². The first-order valence-corrected chi connectivity index (χ1v) is 7.34. The fourth-order valence-electron chi connectivity index (χ4n) is 3.18. The van der Waals surface area contributed by atoms with Crippen LogP contribution in [0.5, 0.6) is 0 Å². The van der Waals surface area contributed by atoms with Crippen LogP contribution in [0.1, 0.15) is 54.4 Å². The van der Waals surface area contributed by atoms with Gasteiger partial charge in [-0.2, -0.15) is 0 Å². The van der Waals surface area contributed by atoms with Gasteiger partial charge in [0.15, 0.2) is 0 Å². The Bertz CT molecular complexity index is 505. The SMILES string of the molecule is Cc1cc(N(C)C2CCC(C)CC2)c(C(=O)O)c(C)n1. The van der Waals surface area contributed by atoms with E-state index < -0.39 is 5.97 Å². The van der Waals surface area contributed by atoms with Crippen LogP contribution in [0.4, 0.5) is 5.69 Å². The van der Waals surface area contributed by atoms with E-state index in [2.05, 4.69) is 16.8 Å². The van der Waals surface area contributed by atoms with Crippen LogP contribution in [-0.2, 0) is 0 Å². The molecular weight excluding hydrogens is 252 g/mol. The van der Waals surface area contributed by atoms with Gasteiger partial charge in [0.05, 0.1) is 11.4 Å². The summed E-state index contributed by atoms with van der Waals surface area (Å²) in [5.41, 5.74) is 2.63. The highest BCUT2D eigenvalue weighted by atomic mass is 16.4. The molecular formula is C16H24N2O2. The molecule has 0 radical (unpaired) electrons. The molecule has 20 heavy (non-hydrogen) atoms. The Balaban J connectivity index is 2.33. The second-order valence-electron chi connectivity index (χ2n) is 6.07. The maximum atomic E-state index is 11.5. The van der Waals surface area contributed by atoms with Gasteiger partial charge in [-0.05, 0) is 51.5 Å². The minimum absolute atomic E-state index is 0.344. The van der Waals surface area contributed by atoms with E-state index in [1.54, 1.807) is 6.92 Å². The van der Waals surface area contributed by atoms with Gasteiger partial charge >= 0.3 is 5.97 Å². The molecule has 0 bridgehead atoms. The van der Waals surface area contributed by atoms with Gasteiger partial charge in [-0.1, -0.05) is 6.92 Å². The molecule has 1 N–H and O–H groups in total. The van der Waals surface area contributed by atoms with Gasteiger partial charge in [0.2, 0.25) is 0 Å². The van der Waals surface area contributed by atoms with Gasteiger partial charge in [0.1, 0.15) is 5.56 Å². The number of carbonyl (C=O) groups is 1. The Labute approximate surface area is 120 Å². The highest BCUT2D eigenvalue weighted by molar-refractivity contribution is 5.95. The highest BCUT2D eigenvalue weighted by Crippen LogP contribution is 2.32. The number of carboxylic acid groups (broad SMARTS) is 1. The largest absolute Gasteiger partial charge is 0.478 e. The second kappa shape index (κ2) is 5.81. The lowest BCUT2D eigenvalue weighted by Crippen LogP contribution is -2.36. The van der Waals surface area contributed by atoms with Gasteiger partial charge in [-0.15, -0.1) is 0 Å². The third-order valence-electron chi connectivity index (χ3n) is 4.43. The molecule has 1 aliphatic carbocycles. The molecule has 1 fully saturated rings. The van der Waals surface area contributed by atoms with E-state index in [0.717, 1.165) is 30.1 Å². The molecule has 1 aromatic heterocycles. The fraction of sp³-hybridized carbons (Fsp3) is 0.625. The van der Waals surface area contributed by atoms with Gasteiger partial charge in [0, 0.05) is 18.8 Å². The minimum atomic E-state index is -0.888. The minimum Gasteiger partial charge on any atom is -0.478 e. The van der Waals surface area contributed by atoms with E-state index >= 15 is 0 Å². The number of hydrogen-bond donors (Lipinski definition) is 1. The first-order valence-electron chi connectivity index (χ1n) is 7.34. The van der Waals surface area contributed by atoms with E-state index in [4.69, 9.17) is 0 Å². The Hall–Kier alpha value is -1.58. The van der Waals surface area contributed by atoms with Gasteiger partial charge in [0.25, 0.3) is 0 Å². The average Bonchev–Trinajstić information content (AvgIpc) is 2.37. The monoisotopic (exact) mass is 276 g/mol. The summed E-state index contributed by atoms with van der Waals surface area (Å²) in [7, 11) is 2.02. The van der Waals surface area contributed by atoms with Crippen LogP contribution >= 0.6 is 0 Å². The summed E-state index contributed by atoms with van der Waals surface area (Å²) >= 11 is 0. The lowest BCUT2D eigenvalue weighted by atomic mass is 9.86. The van der Waals surface area contributed by atoms with Crippen LogP contribution in [0.2, 0.25) is 0 Å². The first-order chi connectivity index (χ1) is 9.40. The third kappa shape index (κ3) is 2.94. The summed E-state index contributed by atoms with van der Waals surface area (Å²) in [5, 5.41) is 9.46. The van der Waals surface area contributed by atoms with E-state index in [1.165, 1.54) is 12.8 Å². The van der Waals surface area contributed by atoms with Gasteiger partial charge < -0.3 is 10.0 Å². The zero-order valence-electron chi connectivity index (χ0n) is 12.8. The summed E-state index contributed by atoms with van der Waals surface area (Å²) in [6, 6.07) is 2.33. The summed E-state index contributed by atoms with van der Waals surface area (Å²) in [5.74, 6) is -0.0967. The number of rotatable bonds is 3. The number of aryl methyl sites for hydroxylation is 2. The molecule has 1 aromatic rings. The zero-order chi connectivity index (χ0) is 14.9. The predicted molar refractivity (Wildman–Crippen MR) is 80.5 cm³/mol. The number of anilines is 1. The van der Waals surface area contributed by atoms with Crippen LogP contribution in [-0.4, -0.2) is 29.1 Å². The number of carboxylic acids is 1. The van der Waals surface area contributed by atoms with Crippen molar-refractivity contribution in [3.8, 4) is 0 Å². The molecule has 4 nitrogen and oxygen atoms in total. The van der Waals surface area contributed by atoms with Crippen LogP contribution in [0.15, 0.2) is 6.07 Å². The van der Waals surface area contributed by atoms with Crippen LogP contribution in [0.3, 0.4) is 0 Å². The van der Waals surface area contributed by atoms with Crippen molar-refractivity contribution in [3.63, 3.8) is 0 Å². The summed E-state index contributed by atoms with van der Waals surface area (Å²) < 4.78 is 0. The molecule has 0 unspecified atom stereocenters. The molecule has 1 saturated carbocycles. The van der Waals surface area contributed by atoms with E-state index in [1.807, 2.05) is 20.0 Å². The topological polar surface area (TPSA) is 53.4 Å². The first kappa shape index (κ1) is 14.8. The second-order valence-corrected chi connectivity index (χ2v) is 6.07. The van der Waals surface area contributed by atoms with Crippen molar-refractivity contribution in [2.24, 2.45) is 5.92 Å². The normalized spacial score (nSPS) is 22.6. The van der Waals surface area contributed by atoms with Crippen molar-refractivity contribution < 1.29 is 9.90 Å². The van der Waals surface area contributed by atoms with E-state index in [9.17, 15) is 9.90 Å². The maximum Gasteiger partial charge on any atom is 0.339 e. The van der Waals surface area contributed by atoms with E-state index in [0.29, 0.717) is 17.3 Å². The molecule has 4 heteroatoms. The van der Waals surface area contributed by atoms with E-state index in [-0.39, 0.29) is 0 Å². The Morgan fingerprint density at radius 3 is 2.45 bits per heavy atom. The molecule has 0 spiro atoms. The fourth-order valence-corrected chi connectivity index (χ4v) is 3.18. The van der Waals surface area contributed by atoms with Crippen molar-refractivity contribution >= 4 is 11.7 Å². The molecule has 0 aromatic carbocycles. The highest BCUT2D eigenvalue weighted by Gasteiger charge is 2.26. The number of aromatic nitrogens is 1. The number of aromatic carboxylic acids is 1. The standard InChI is InChI=1S/C16H24N2O2/c1-10-5-7-13(8-6-10)18(4)14-9-11(2)17-12(3)15(14)16(19)20/h9-10,13H,5-8H2,1-4H3,(H,19,20). The lowest BCUT2D eigenvalue weighted by Gasteiger charge is -2.36. The smallest absolute Gasteiger partial charge is 0.339 e. The molecule has 0 amide bonds.